The van der Waals surface area contributed by atoms with Crippen molar-refractivity contribution in [2.24, 2.45) is 0 Å². The molecule has 0 saturated carbocycles. The smallest absolute Gasteiger partial charge is 0.263 e. The molecule has 1 atom stereocenters. The van der Waals surface area contributed by atoms with Gasteiger partial charge in [-0.05, 0) is 53.6 Å². The van der Waals surface area contributed by atoms with E-state index in [1.54, 1.807) is 36.4 Å². The summed E-state index contributed by atoms with van der Waals surface area (Å²) in [6, 6.07) is 17.8. The van der Waals surface area contributed by atoms with Crippen LogP contribution in [0.5, 0.6) is 11.5 Å². The van der Waals surface area contributed by atoms with Crippen molar-refractivity contribution in [2.45, 2.75) is 19.3 Å². The number of carbonyl (C=O) groups excluding carboxylic acids is 1. The average Bonchev–Trinajstić information content (AvgIpc) is 2.81. The van der Waals surface area contributed by atoms with Crippen LogP contribution >= 0.6 is 11.6 Å². The molecule has 178 valence electrons. The van der Waals surface area contributed by atoms with Gasteiger partial charge in [-0.25, -0.2) is 12.8 Å². The fourth-order valence-corrected chi connectivity index (χ4v) is 4.50. The van der Waals surface area contributed by atoms with E-state index in [0.29, 0.717) is 23.1 Å². The third-order valence-electron chi connectivity index (χ3n) is 5.19. The van der Waals surface area contributed by atoms with Crippen LogP contribution < -0.4 is 19.1 Å². The number of nitrogens with one attached hydrogen (secondary N) is 1. The van der Waals surface area contributed by atoms with Crippen LogP contribution in [0.4, 0.5) is 10.1 Å². The second-order valence-corrected chi connectivity index (χ2v) is 10.1. The number of anilines is 1. The van der Waals surface area contributed by atoms with Crippen LogP contribution in [0.2, 0.25) is 5.02 Å². The number of benzene rings is 3. The van der Waals surface area contributed by atoms with Gasteiger partial charge in [0.15, 0.2) is 6.10 Å². The monoisotopic (exact) mass is 504 g/mol. The molecule has 7 nitrogen and oxygen atoms in total. The van der Waals surface area contributed by atoms with Gasteiger partial charge in [0.05, 0.1) is 18.5 Å². The van der Waals surface area contributed by atoms with E-state index in [4.69, 9.17) is 21.1 Å². The van der Waals surface area contributed by atoms with E-state index in [2.05, 4.69) is 5.32 Å². The van der Waals surface area contributed by atoms with E-state index in [1.807, 2.05) is 12.1 Å². The summed E-state index contributed by atoms with van der Waals surface area (Å²) in [4.78, 5) is 12.7. The molecule has 0 unspecified atom stereocenters. The lowest BCUT2D eigenvalue weighted by atomic mass is 10.2. The van der Waals surface area contributed by atoms with Gasteiger partial charge in [0.1, 0.15) is 23.9 Å². The molecule has 0 radical (unpaired) electrons. The van der Waals surface area contributed by atoms with Gasteiger partial charge in [-0.15, -0.1) is 0 Å². The topological polar surface area (TPSA) is 84.9 Å². The maximum absolute atomic E-state index is 13.0. The van der Waals surface area contributed by atoms with Crippen molar-refractivity contribution in [3.8, 4) is 11.5 Å². The molecule has 1 aliphatic rings. The summed E-state index contributed by atoms with van der Waals surface area (Å²) in [6.45, 7) is 0.371. The summed E-state index contributed by atoms with van der Waals surface area (Å²) in [5.41, 5.74) is 1.97. The maximum Gasteiger partial charge on any atom is 0.263 e. The van der Waals surface area contributed by atoms with Crippen LogP contribution in [0.3, 0.4) is 0 Å². The molecule has 3 aromatic rings. The fourth-order valence-electron chi connectivity index (χ4n) is 3.43. The second kappa shape index (κ2) is 9.90. The summed E-state index contributed by atoms with van der Waals surface area (Å²) in [7, 11) is -3.64. The zero-order valence-corrected chi connectivity index (χ0v) is 19.8. The van der Waals surface area contributed by atoms with Crippen LogP contribution in [-0.2, 0) is 28.0 Å². The van der Waals surface area contributed by atoms with E-state index in [9.17, 15) is 17.6 Å². The molecule has 0 aliphatic carbocycles. The van der Waals surface area contributed by atoms with Gasteiger partial charge in [0.25, 0.3) is 5.91 Å². The van der Waals surface area contributed by atoms with E-state index < -0.39 is 22.0 Å². The molecule has 0 spiro atoms. The van der Waals surface area contributed by atoms with Crippen molar-refractivity contribution in [1.82, 2.24) is 5.32 Å². The van der Waals surface area contributed by atoms with Crippen LogP contribution in [0.15, 0.2) is 66.7 Å². The Balaban J connectivity index is 1.35. The molecule has 1 N–H and O–H groups in total. The van der Waals surface area contributed by atoms with Gasteiger partial charge in [-0.3, -0.25) is 9.10 Å². The first-order valence-corrected chi connectivity index (χ1v) is 12.6. The van der Waals surface area contributed by atoms with Crippen molar-refractivity contribution in [3.63, 3.8) is 0 Å². The summed E-state index contributed by atoms with van der Waals surface area (Å²) in [5.74, 6) is 0.162. The molecule has 3 aromatic carbocycles. The Morgan fingerprint density at radius 1 is 1.12 bits per heavy atom. The molecule has 10 heteroatoms. The Labute approximate surface area is 202 Å². The zero-order valence-electron chi connectivity index (χ0n) is 18.2. The molecule has 0 bridgehead atoms. The number of rotatable bonds is 7. The summed E-state index contributed by atoms with van der Waals surface area (Å²) >= 11 is 6.00. The van der Waals surface area contributed by atoms with Gasteiger partial charge >= 0.3 is 0 Å². The standard InChI is InChI=1S/C24H22ClFN2O5S/c1-34(30,31)28-14-23(33-22-11-6-18(25)12-21(22)28)24(29)27-13-16-4-9-20(10-5-16)32-15-17-2-7-19(26)8-3-17/h2-12,23H,13-15H2,1H3,(H,27,29)/t23-/m0/s1. The first-order valence-electron chi connectivity index (χ1n) is 10.4. The van der Waals surface area contributed by atoms with Gasteiger partial charge in [0, 0.05) is 11.6 Å². The maximum atomic E-state index is 13.0. The Kier molecular flexibility index (Phi) is 6.95. The highest BCUT2D eigenvalue weighted by Gasteiger charge is 2.35. The molecule has 4 rings (SSSR count). The average molecular weight is 505 g/mol. The summed E-state index contributed by atoms with van der Waals surface area (Å²) in [6.07, 6.45) is 0.0548. The van der Waals surface area contributed by atoms with Crippen molar-refractivity contribution in [2.75, 3.05) is 17.1 Å². The molecule has 0 aromatic heterocycles. The molecular formula is C24H22ClFN2O5S. The van der Waals surface area contributed by atoms with Crippen molar-refractivity contribution < 1.29 is 27.1 Å². The van der Waals surface area contributed by atoms with Crippen LogP contribution in [0.1, 0.15) is 11.1 Å². The summed E-state index contributed by atoms with van der Waals surface area (Å²) < 4.78 is 50.1. The lowest BCUT2D eigenvalue weighted by molar-refractivity contribution is -0.127. The van der Waals surface area contributed by atoms with E-state index in [-0.39, 0.29) is 24.7 Å². The Morgan fingerprint density at radius 2 is 1.79 bits per heavy atom. The van der Waals surface area contributed by atoms with Gasteiger partial charge < -0.3 is 14.8 Å². The first-order chi connectivity index (χ1) is 16.2. The first kappa shape index (κ1) is 23.8. The molecule has 34 heavy (non-hydrogen) atoms. The molecule has 1 heterocycles. The highest BCUT2D eigenvalue weighted by atomic mass is 35.5. The number of carbonyl (C=O) groups is 1. The highest BCUT2D eigenvalue weighted by molar-refractivity contribution is 7.92. The lowest BCUT2D eigenvalue weighted by Crippen LogP contribution is -2.50. The van der Waals surface area contributed by atoms with Crippen LogP contribution in [-0.4, -0.2) is 33.2 Å². The Bertz CT molecular complexity index is 1280. The number of hydrogen-bond acceptors (Lipinski definition) is 5. The van der Waals surface area contributed by atoms with E-state index in [1.165, 1.54) is 18.2 Å². The third-order valence-corrected chi connectivity index (χ3v) is 6.57. The lowest BCUT2D eigenvalue weighted by Gasteiger charge is -2.34. The minimum Gasteiger partial charge on any atom is -0.489 e. The molecule has 0 fully saturated rings. The Morgan fingerprint density at radius 3 is 2.47 bits per heavy atom. The van der Waals surface area contributed by atoms with Gasteiger partial charge in [-0.1, -0.05) is 35.9 Å². The fraction of sp³-hybridized carbons (Fsp3) is 0.208. The van der Waals surface area contributed by atoms with Crippen molar-refractivity contribution in [1.29, 1.82) is 0 Å². The number of fused-ring (bicyclic) bond motifs is 1. The number of hydrogen-bond donors (Lipinski definition) is 1. The minimum atomic E-state index is -3.64. The SMILES string of the molecule is CS(=O)(=O)N1C[C@@H](C(=O)NCc2ccc(OCc3ccc(F)cc3)cc2)Oc2ccc(Cl)cc21. The summed E-state index contributed by atoms with van der Waals surface area (Å²) in [5, 5.41) is 3.14. The minimum absolute atomic E-state index is 0.159. The quantitative estimate of drug-likeness (QED) is 0.527. The predicted molar refractivity (Wildman–Crippen MR) is 127 cm³/mol. The number of halogens is 2. The van der Waals surface area contributed by atoms with Gasteiger partial charge in [-0.2, -0.15) is 0 Å². The molecule has 1 amide bonds. The van der Waals surface area contributed by atoms with E-state index in [0.717, 1.165) is 21.7 Å². The molecular weight excluding hydrogens is 483 g/mol. The van der Waals surface area contributed by atoms with E-state index >= 15 is 0 Å². The molecule has 1 aliphatic heterocycles. The number of nitrogens with zero attached hydrogens (tertiary/aromatic N) is 1. The van der Waals surface area contributed by atoms with Crippen LogP contribution in [0.25, 0.3) is 0 Å². The number of amides is 1. The third kappa shape index (κ3) is 5.78. The van der Waals surface area contributed by atoms with Gasteiger partial charge in [0.2, 0.25) is 10.0 Å². The number of sulfonamides is 1. The van der Waals surface area contributed by atoms with Crippen molar-refractivity contribution >= 4 is 33.2 Å². The Hall–Kier alpha value is -3.30. The number of ether oxygens (including phenoxy) is 2. The highest BCUT2D eigenvalue weighted by Crippen LogP contribution is 2.37. The zero-order chi connectivity index (χ0) is 24.3. The van der Waals surface area contributed by atoms with Crippen molar-refractivity contribution in [3.05, 3.63) is 88.7 Å². The normalized spacial score (nSPS) is 15.3. The van der Waals surface area contributed by atoms with Crippen LogP contribution in [0, 0.1) is 5.82 Å². The largest absolute Gasteiger partial charge is 0.489 e. The molecule has 0 saturated heterocycles. The predicted octanol–water partition coefficient (Wildman–Crippen LogP) is 3.90. The second-order valence-electron chi connectivity index (χ2n) is 7.79.